The van der Waals surface area contributed by atoms with Crippen molar-refractivity contribution in [1.82, 2.24) is 5.43 Å². The standard InChI is InChI=1S/C23H19I2N3O4/c1-15-5-4-6-16(9-15)14-32-23-19(24)10-17(11-20(23)25)13-26-27-22(29)12-18-7-2-3-8-21(18)28(30)31/h2-11,13H,12,14H2,1H3,(H,27,29)/b26-13+. The van der Waals surface area contributed by atoms with E-state index in [1.165, 1.54) is 17.8 Å². The van der Waals surface area contributed by atoms with Gasteiger partial charge in [-0.2, -0.15) is 5.10 Å². The van der Waals surface area contributed by atoms with Gasteiger partial charge in [-0.25, -0.2) is 5.43 Å². The topological polar surface area (TPSA) is 93.8 Å². The number of hydrazone groups is 1. The molecule has 0 fully saturated rings. The number of amides is 1. The van der Waals surface area contributed by atoms with E-state index in [-0.39, 0.29) is 12.1 Å². The van der Waals surface area contributed by atoms with E-state index in [1.807, 2.05) is 37.3 Å². The summed E-state index contributed by atoms with van der Waals surface area (Å²) in [5, 5.41) is 15.1. The molecular weight excluding hydrogens is 636 g/mol. The maximum atomic E-state index is 12.1. The predicted octanol–water partition coefficient (Wildman–Crippen LogP) is 5.38. The Morgan fingerprint density at radius 1 is 1.12 bits per heavy atom. The van der Waals surface area contributed by atoms with Crippen LogP contribution in [0, 0.1) is 24.2 Å². The quantitative estimate of drug-likeness (QED) is 0.153. The van der Waals surface area contributed by atoms with Crippen LogP contribution in [0.4, 0.5) is 5.69 Å². The Bertz CT molecular complexity index is 1160. The van der Waals surface area contributed by atoms with Crippen molar-refractivity contribution >= 4 is 63.0 Å². The molecule has 0 aliphatic carbocycles. The molecule has 0 aliphatic heterocycles. The summed E-state index contributed by atoms with van der Waals surface area (Å²) in [4.78, 5) is 22.7. The molecule has 3 aromatic rings. The molecule has 164 valence electrons. The maximum absolute atomic E-state index is 12.1. The third kappa shape index (κ3) is 6.73. The van der Waals surface area contributed by atoms with Gasteiger partial charge in [0.05, 0.1) is 24.7 Å². The smallest absolute Gasteiger partial charge is 0.273 e. The number of carbonyl (C=O) groups is 1. The summed E-state index contributed by atoms with van der Waals surface area (Å²) in [5.41, 5.74) is 5.76. The normalized spacial score (nSPS) is 10.8. The van der Waals surface area contributed by atoms with Crippen LogP contribution in [0.15, 0.2) is 65.8 Å². The van der Waals surface area contributed by atoms with Gasteiger partial charge in [0.15, 0.2) is 0 Å². The highest BCUT2D eigenvalue weighted by Gasteiger charge is 2.15. The molecule has 1 amide bonds. The van der Waals surface area contributed by atoms with E-state index in [0.717, 1.165) is 24.0 Å². The van der Waals surface area contributed by atoms with Crippen LogP contribution in [0.2, 0.25) is 0 Å². The van der Waals surface area contributed by atoms with Gasteiger partial charge in [-0.05, 0) is 75.4 Å². The van der Waals surface area contributed by atoms with Gasteiger partial charge in [-0.1, -0.05) is 48.0 Å². The van der Waals surface area contributed by atoms with Crippen LogP contribution < -0.4 is 10.2 Å². The summed E-state index contributed by atoms with van der Waals surface area (Å²) in [5.74, 6) is 0.364. The lowest BCUT2D eigenvalue weighted by Crippen LogP contribution is -2.20. The number of hydrogen-bond acceptors (Lipinski definition) is 5. The maximum Gasteiger partial charge on any atom is 0.273 e. The van der Waals surface area contributed by atoms with Crippen LogP contribution in [0.25, 0.3) is 0 Å². The fourth-order valence-corrected chi connectivity index (χ4v) is 5.11. The molecule has 0 radical (unpaired) electrons. The second-order valence-corrected chi connectivity index (χ2v) is 9.27. The van der Waals surface area contributed by atoms with Crippen molar-refractivity contribution in [1.29, 1.82) is 0 Å². The molecule has 0 spiro atoms. The van der Waals surface area contributed by atoms with E-state index < -0.39 is 10.8 Å². The number of benzene rings is 3. The Hall–Kier alpha value is -2.54. The van der Waals surface area contributed by atoms with E-state index in [4.69, 9.17) is 4.74 Å². The Morgan fingerprint density at radius 2 is 1.84 bits per heavy atom. The van der Waals surface area contributed by atoms with Crippen LogP contribution in [0.5, 0.6) is 5.75 Å². The average Bonchev–Trinajstić information content (AvgIpc) is 2.73. The first-order valence-electron chi connectivity index (χ1n) is 9.55. The number of rotatable bonds is 8. The Balaban J connectivity index is 1.61. The largest absolute Gasteiger partial charge is 0.487 e. The summed E-state index contributed by atoms with van der Waals surface area (Å²) < 4.78 is 7.87. The Kier molecular flexibility index (Phi) is 8.56. The number of nitrogens with one attached hydrogen (secondary N) is 1. The van der Waals surface area contributed by atoms with E-state index in [0.29, 0.717) is 12.2 Å². The number of aryl methyl sites for hydroxylation is 1. The number of para-hydroxylation sites is 1. The Morgan fingerprint density at radius 3 is 2.53 bits per heavy atom. The van der Waals surface area contributed by atoms with Crippen LogP contribution in [0.3, 0.4) is 0 Å². The van der Waals surface area contributed by atoms with Gasteiger partial charge < -0.3 is 4.74 Å². The lowest BCUT2D eigenvalue weighted by Gasteiger charge is -2.12. The van der Waals surface area contributed by atoms with Gasteiger partial charge >= 0.3 is 0 Å². The molecule has 0 aliphatic rings. The molecule has 0 unspecified atom stereocenters. The van der Waals surface area contributed by atoms with Gasteiger partial charge in [-0.15, -0.1) is 0 Å². The molecule has 0 bridgehead atoms. The van der Waals surface area contributed by atoms with Crippen molar-refractivity contribution in [2.75, 3.05) is 0 Å². The van der Waals surface area contributed by atoms with Gasteiger partial charge in [-0.3, -0.25) is 14.9 Å². The summed E-state index contributed by atoms with van der Waals surface area (Å²) in [6, 6.07) is 18.1. The number of carbonyl (C=O) groups excluding carboxylic acids is 1. The molecule has 0 heterocycles. The number of ether oxygens (including phenoxy) is 1. The van der Waals surface area contributed by atoms with Crippen LogP contribution in [-0.2, 0) is 17.8 Å². The van der Waals surface area contributed by atoms with E-state index in [9.17, 15) is 14.9 Å². The zero-order chi connectivity index (χ0) is 23.1. The highest BCUT2D eigenvalue weighted by molar-refractivity contribution is 14.1. The fraction of sp³-hybridized carbons (Fsp3) is 0.130. The molecular formula is C23H19I2N3O4. The summed E-state index contributed by atoms with van der Waals surface area (Å²) in [6.07, 6.45) is 1.40. The zero-order valence-electron chi connectivity index (χ0n) is 17.0. The third-order valence-corrected chi connectivity index (χ3v) is 6.03. The SMILES string of the molecule is Cc1cccc(COc2c(I)cc(/C=N/NC(=O)Cc3ccccc3[N+](=O)[O-])cc2I)c1. The molecule has 0 saturated heterocycles. The molecule has 7 nitrogen and oxygen atoms in total. The first kappa shape index (κ1) is 24.1. The van der Waals surface area contributed by atoms with Crippen molar-refractivity contribution in [2.45, 2.75) is 20.0 Å². The minimum atomic E-state index is -0.502. The highest BCUT2D eigenvalue weighted by Crippen LogP contribution is 2.29. The van der Waals surface area contributed by atoms with E-state index in [2.05, 4.69) is 61.8 Å². The third-order valence-electron chi connectivity index (χ3n) is 4.43. The molecule has 32 heavy (non-hydrogen) atoms. The molecule has 9 heteroatoms. The predicted molar refractivity (Wildman–Crippen MR) is 140 cm³/mol. The molecule has 0 aromatic heterocycles. The van der Waals surface area contributed by atoms with E-state index >= 15 is 0 Å². The van der Waals surface area contributed by atoms with Gasteiger partial charge in [0.2, 0.25) is 5.91 Å². The van der Waals surface area contributed by atoms with Crippen LogP contribution in [0.1, 0.15) is 22.3 Å². The lowest BCUT2D eigenvalue weighted by molar-refractivity contribution is -0.385. The van der Waals surface area contributed by atoms with Crippen LogP contribution in [-0.4, -0.2) is 17.0 Å². The lowest BCUT2D eigenvalue weighted by atomic mass is 10.1. The second-order valence-electron chi connectivity index (χ2n) is 6.95. The Labute approximate surface area is 212 Å². The van der Waals surface area contributed by atoms with Crippen molar-refractivity contribution in [2.24, 2.45) is 5.10 Å². The number of nitro benzene ring substituents is 1. The van der Waals surface area contributed by atoms with Crippen LogP contribution >= 0.6 is 45.2 Å². The number of halogens is 2. The number of hydrogen-bond donors (Lipinski definition) is 1. The summed E-state index contributed by atoms with van der Waals surface area (Å²) in [6.45, 7) is 2.52. The number of nitro groups is 1. The number of nitrogens with zero attached hydrogens (tertiary/aromatic N) is 2. The van der Waals surface area contributed by atoms with Gasteiger partial charge in [0, 0.05) is 11.6 Å². The van der Waals surface area contributed by atoms with Crippen molar-refractivity contribution in [3.8, 4) is 5.75 Å². The molecule has 1 N–H and O–H groups in total. The fourth-order valence-electron chi connectivity index (χ4n) is 2.98. The summed E-state index contributed by atoms with van der Waals surface area (Å²) >= 11 is 4.42. The zero-order valence-corrected chi connectivity index (χ0v) is 21.4. The van der Waals surface area contributed by atoms with Gasteiger partial charge in [0.25, 0.3) is 5.69 Å². The van der Waals surface area contributed by atoms with Crippen molar-refractivity contribution in [3.63, 3.8) is 0 Å². The molecule has 0 saturated carbocycles. The monoisotopic (exact) mass is 655 g/mol. The van der Waals surface area contributed by atoms with Gasteiger partial charge in [0.1, 0.15) is 12.4 Å². The molecule has 0 atom stereocenters. The van der Waals surface area contributed by atoms with Crippen molar-refractivity contribution < 1.29 is 14.5 Å². The first-order chi connectivity index (χ1) is 15.3. The highest BCUT2D eigenvalue weighted by atomic mass is 127. The first-order valence-corrected chi connectivity index (χ1v) is 11.7. The minimum absolute atomic E-state index is 0.0861. The van der Waals surface area contributed by atoms with Crippen molar-refractivity contribution in [3.05, 3.63) is 100 Å². The second kappa shape index (κ2) is 11.4. The summed E-state index contributed by atoms with van der Waals surface area (Å²) in [7, 11) is 0. The molecule has 3 rings (SSSR count). The molecule has 3 aromatic carbocycles. The van der Waals surface area contributed by atoms with E-state index in [1.54, 1.807) is 18.2 Å². The average molecular weight is 655 g/mol. The minimum Gasteiger partial charge on any atom is -0.487 e.